The van der Waals surface area contributed by atoms with Crippen molar-refractivity contribution in [3.05, 3.63) is 0 Å². The topological polar surface area (TPSA) is 12.5 Å². The first-order valence-electron chi connectivity index (χ1n) is 5.21. The molecule has 0 fully saturated rings. The summed E-state index contributed by atoms with van der Waals surface area (Å²) in [7, 11) is 0.819. The molecule has 0 radical (unpaired) electrons. The molecule has 0 unspecified atom stereocenters. The zero-order valence-corrected chi connectivity index (χ0v) is 10.9. The predicted octanol–water partition coefficient (Wildman–Crippen LogP) is 2.57. The highest BCUT2D eigenvalue weighted by Crippen LogP contribution is 2.05. The van der Waals surface area contributed by atoms with Gasteiger partial charge in [0.2, 0.25) is 0 Å². The van der Waals surface area contributed by atoms with E-state index in [4.69, 9.17) is 4.74 Å². The Kier molecular flexibility index (Phi) is 6.64. The molecular formula is C10H25NOSi. The zero-order valence-electron chi connectivity index (χ0n) is 9.89. The summed E-state index contributed by atoms with van der Waals surface area (Å²) in [5.74, 6) is 0. The van der Waals surface area contributed by atoms with Gasteiger partial charge < -0.3 is 4.74 Å². The van der Waals surface area contributed by atoms with Crippen LogP contribution in [0.4, 0.5) is 0 Å². The first-order chi connectivity index (χ1) is 5.99. The molecule has 0 aromatic rings. The van der Waals surface area contributed by atoms with Gasteiger partial charge in [0.25, 0.3) is 0 Å². The fourth-order valence-corrected chi connectivity index (χ4v) is 3.02. The van der Waals surface area contributed by atoms with E-state index in [1.165, 1.54) is 25.6 Å². The van der Waals surface area contributed by atoms with Crippen molar-refractivity contribution in [2.75, 3.05) is 26.6 Å². The van der Waals surface area contributed by atoms with E-state index >= 15 is 0 Å². The SMILES string of the molecule is CCCCN(COC)C[Si](C)(C)C. The van der Waals surface area contributed by atoms with Gasteiger partial charge in [-0.15, -0.1) is 0 Å². The summed E-state index contributed by atoms with van der Waals surface area (Å²) >= 11 is 0. The third kappa shape index (κ3) is 8.47. The molecule has 0 heterocycles. The van der Waals surface area contributed by atoms with E-state index in [1.54, 1.807) is 7.11 Å². The van der Waals surface area contributed by atoms with Gasteiger partial charge in [-0.05, 0) is 19.1 Å². The fraction of sp³-hybridized carbons (Fsp3) is 1.00. The maximum absolute atomic E-state index is 5.20. The van der Waals surface area contributed by atoms with E-state index < -0.39 is 8.07 Å². The number of rotatable bonds is 7. The van der Waals surface area contributed by atoms with Gasteiger partial charge in [0.15, 0.2) is 0 Å². The second-order valence-corrected chi connectivity index (χ2v) is 10.3. The molecule has 13 heavy (non-hydrogen) atoms. The summed E-state index contributed by atoms with van der Waals surface area (Å²) in [6.07, 6.45) is 3.81. The second-order valence-electron chi connectivity index (χ2n) is 4.88. The molecule has 0 N–H and O–H groups in total. The largest absolute Gasteiger partial charge is 0.369 e. The Labute approximate surface area is 84.3 Å². The van der Waals surface area contributed by atoms with E-state index in [-0.39, 0.29) is 0 Å². The maximum atomic E-state index is 5.20. The summed E-state index contributed by atoms with van der Waals surface area (Å²) in [6.45, 7) is 11.4. The van der Waals surface area contributed by atoms with Crippen LogP contribution in [0, 0.1) is 0 Å². The molecule has 0 saturated heterocycles. The van der Waals surface area contributed by atoms with Crippen molar-refractivity contribution in [2.24, 2.45) is 0 Å². The Hall–Kier alpha value is 0.137. The van der Waals surface area contributed by atoms with E-state index in [9.17, 15) is 0 Å². The van der Waals surface area contributed by atoms with Crippen molar-refractivity contribution in [1.29, 1.82) is 0 Å². The number of unbranched alkanes of at least 4 members (excludes halogenated alkanes) is 1. The molecule has 0 aromatic heterocycles. The van der Waals surface area contributed by atoms with Crippen molar-refractivity contribution in [2.45, 2.75) is 39.4 Å². The van der Waals surface area contributed by atoms with Crippen LogP contribution in [0.1, 0.15) is 19.8 Å². The van der Waals surface area contributed by atoms with Crippen molar-refractivity contribution >= 4 is 8.07 Å². The standard InChI is InChI=1S/C10H25NOSi/c1-6-7-8-11(9-12-2)10-13(3,4)5/h6-10H2,1-5H3. The molecule has 80 valence electrons. The molecule has 0 amide bonds. The Bertz CT molecular complexity index is 123. The van der Waals surface area contributed by atoms with Gasteiger partial charge in [-0.2, -0.15) is 0 Å². The molecule has 0 aliphatic heterocycles. The van der Waals surface area contributed by atoms with Gasteiger partial charge >= 0.3 is 0 Å². The van der Waals surface area contributed by atoms with Gasteiger partial charge in [-0.25, -0.2) is 0 Å². The lowest BCUT2D eigenvalue weighted by molar-refractivity contribution is 0.0738. The van der Waals surface area contributed by atoms with Crippen LogP contribution in [0.5, 0.6) is 0 Å². The lowest BCUT2D eigenvalue weighted by atomic mass is 10.3. The van der Waals surface area contributed by atoms with Crippen LogP contribution in [-0.2, 0) is 4.74 Å². The minimum Gasteiger partial charge on any atom is -0.369 e. The predicted molar refractivity (Wildman–Crippen MR) is 61.7 cm³/mol. The molecule has 0 bridgehead atoms. The van der Waals surface area contributed by atoms with Crippen LogP contribution in [0.3, 0.4) is 0 Å². The molecule has 0 rings (SSSR count). The maximum Gasteiger partial charge on any atom is 0.0983 e. The number of hydrogen-bond acceptors (Lipinski definition) is 2. The summed E-state index contributed by atoms with van der Waals surface area (Å²) in [5, 5.41) is 0. The Morgan fingerprint density at radius 3 is 2.23 bits per heavy atom. The number of nitrogens with zero attached hydrogens (tertiary/aromatic N) is 1. The second kappa shape index (κ2) is 6.57. The van der Waals surface area contributed by atoms with Crippen LogP contribution in [-0.4, -0.2) is 39.5 Å². The van der Waals surface area contributed by atoms with E-state index in [1.807, 2.05) is 0 Å². The van der Waals surface area contributed by atoms with Gasteiger partial charge in [0.1, 0.15) is 0 Å². The fourth-order valence-electron chi connectivity index (χ4n) is 1.42. The molecule has 0 aliphatic rings. The smallest absolute Gasteiger partial charge is 0.0983 e. The van der Waals surface area contributed by atoms with Crippen LogP contribution in [0.2, 0.25) is 19.6 Å². The van der Waals surface area contributed by atoms with Gasteiger partial charge in [0, 0.05) is 7.11 Å². The minimum absolute atomic E-state index is 0.796. The Balaban J connectivity index is 3.79. The molecule has 3 heteroatoms. The van der Waals surface area contributed by atoms with Crippen molar-refractivity contribution in [3.63, 3.8) is 0 Å². The molecule has 0 atom stereocenters. The monoisotopic (exact) mass is 203 g/mol. The van der Waals surface area contributed by atoms with Crippen molar-refractivity contribution in [3.8, 4) is 0 Å². The Morgan fingerprint density at radius 1 is 1.23 bits per heavy atom. The van der Waals surface area contributed by atoms with E-state index in [0.717, 1.165) is 6.73 Å². The average Bonchev–Trinajstić information content (AvgIpc) is 1.98. The number of ether oxygens (including phenoxy) is 1. The highest BCUT2D eigenvalue weighted by Gasteiger charge is 2.17. The van der Waals surface area contributed by atoms with Crippen LogP contribution in [0.15, 0.2) is 0 Å². The molecule has 0 spiro atoms. The number of methoxy groups -OCH3 is 1. The van der Waals surface area contributed by atoms with Gasteiger partial charge in [-0.1, -0.05) is 33.0 Å². The van der Waals surface area contributed by atoms with Crippen LogP contribution in [0.25, 0.3) is 0 Å². The normalized spacial score (nSPS) is 12.5. The first-order valence-corrected chi connectivity index (χ1v) is 8.91. The van der Waals surface area contributed by atoms with Crippen molar-refractivity contribution in [1.82, 2.24) is 4.90 Å². The summed E-state index contributed by atoms with van der Waals surface area (Å²) < 4.78 is 5.20. The van der Waals surface area contributed by atoms with Gasteiger partial charge in [-0.3, -0.25) is 4.90 Å². The van der Waals surface area contributed by atoms with Gasteiger partial charge in [0.05, 0.1) is 14.8 Å². The van der Waals surface area contributed by atoms with E-state index in [0.29, 0.717) is 0 Å². The molecular weight excluding hydrogens is 178 g/mol. The lowest BCUT2D eigenvalue weighted by Gasteiger charge is -2.27. The summed E-state index contributed by atoms with van der Waals surface area (Å²) in [5.41, 5.74) is 0. The van der Waals surface area contributed by atoms with Crippen LogP contribution < -0.4 is 0 Å². The van der Waals surface area contributed by atoms with Crippen molar-refractivity contribution < 1.29 is 4.74 Å². The average molecular weight is 203 g/mol. The molecule has 2 nitrogen and oxygen atoms in total. The highest BCUT2D eigenvalue weighted by atomic mass is 28.3. The first kappa shape index (κ1) is 13.1. The minimum atomic E-state index is -0.962. The highest BCUT2D eigenvalue weighted by molar-refractivity contribution is 6.76. The Morgan fingerprint density at radius 2 is 1.85 bits per heavy atom. The molecule has 0 aliphatic carbocycles. The third-order valence-electron chi connectivity index (χ3n) is 1.84. The number of hydrogen-bond donors (Lipinski definition) is 0. The lowest BCUT2D eigenvalue weighted by Crippen LogP contribution is -2.41. The summed E-state index contributed by atoms with van der Waals surface area (Å²) in [4.78, 5) is 2.44. The zero-order chi connectivity index (χ0) is 10.3. The third-order valence-corrected chi connectivity index (χ3v) is 3.23. The molecule has 0 saturated carbocycles. The van der Waals surface area contributed by atoms with Crippen LogP contribution >= 0.6 is 0 Å². The quantitative estimate of drug-likeness (QED) is 0.466. The summed E-state index contributed by atoms with van der Waals surface area (Å²) in [6, 6.07) is 0. The molecule has 0 aromatic carbocycles. The van der Waals surface area contributed by atoms with E-state index in [2.05, 4.69) is 31.5 Å².